The summed E-state index contributed by atoms with van der Waals surface area (Å²) in [7, 11) is 0. The van der Waals surface area contributed by atoms with Gasteiger partial charge in [0.2, 0.25) is 0 Å². The molecule has 0 aliphatic rings. The summed E-state index contributed by atoms with van der Waals surface area (Å²) < 4.78 is 13.8. The maximum atomic E-state index is 13.8. The summed E-state index contributed by atoms with van der Waals surface area (Å²) in [5.41, 5.74) is 2.01. The molecule has 2 rings (SSSR count). The SMILES string of the molecule is Cc1cccc(F)c1Nc1ncnc(Cl)c1C(C)C. The van der Waals surface area contributed by atoms with Crippen molar-refractivity contribution in [2.24, 2.45) is 0 Å². The Balaban J connectivity index is 2.47. The lowest BCUT2D eigenvalue weighted by atomic mass is 10.1. The quantitative estimate of drug-likeness (QED) is 0.844. The van der Waals surface area contributed by atoms with E-state index in [4.69, 9.17) is 11.6 Å². The Morgan fingerprint density at radius 2 is 2.00 bits per heavy atom. The van der Waals surface area contributed by atoms with E-state index in [1.807, 2.05) is 26.8 Å². The van der Waals surface area contributed by atoms with Crippen molar-refractivity contribution in [2.45, 2.75) is 26.7 Å². The number of anilines is 2. The molecule has 1 heterocycles. The van der Waals surface area contributed by atoms with Gasteiger partial charge in [0.05, 0.1) is 5.69 Å². The van der Waals surface area contributed by atoms with Gasteiger partial charge in [0.1, 0.15) is 23.1 Å². The van der Waals surface area contributed by atoms with Gasteiger partial charge in [-0.05, 0) is 24.5 Å². The Kier molecular flexibility index (Phi) is 4.00. The fourth-order valence-corrected chi connectivity index (χ4v) is 2.25. The van der Waals surface area contributed by atoms with Crippen LogP contribution in [-0.4, -0.2) is 9.97 Å². The van der Waals surface area contributed by atoms with Crippen LogP contribution < -0.4 is 5.32 Å². The molecule has 0 atom stereocenters. The summed E-state index contributed by atoms with van der Waals surface area (Å²) in [5.74, 6) is 0.371. The minimum Gasteiger partial charge on any atom is -0.337 e. The minimum absolute atomic E-state index is 0.142. The molecule has 1 aromatic heterocycles. The third kappa shape index (κ3) is 2.84. The molecule has 0 amide bonds. The summed E-state index contributed by atoms with van der Waals surface area (Å²) in [4.78, 5) is 8.13. The smallest absolute Gasteiger partial charge is 0.146 e. The first-order valence-corrected chi connectivity index (χ1v) is 6.41. The number of halogens is 2. The van der Waals surface area contributed by atoms with Crippen LogP contribution in [0.15, 0.2) is 24.5 Å². The molecule has 19 heavy (non-hydrogen) atoms. The Morgan fingerprint density at radius 3 is 2.63 bits per heavy atom. The van der Waals surface area contributed by atoms with Gasteiger partial charge in [-0.3, -0.25) is 0 Å². The normalized spacial score (nSPS) is 10.8. The van der Waals surface area contributed by atoms with E-state index in [9.17, 15) is 4.39 Å². The molecule has 0 radical (unpaired) electrons. The van der Waals surface area contributed by atoms with E-state index in [1.165, 1.54) is 12.4 Å². The van der Waals surface area contributed by atoms with Gasteiger partial charge in [0.25, 0.3) is 0 Å². The van der Waals surface area contributed by atoms with Crippen LogP contribution >= 0.6 is 11.6 Å². The van der Waals surface area contributed by atoms with Crippen molar-refractivity contribution >= 4 is 23.1 Å². The van der Waals surface area contributed by atoms with Crippen LogP contribution in [0.25, 0.3) is 0 Å². The van der Waals surface area contributed by atoms with E-state index < -0.39 is 0 Å². The first-order valence-electron chi connectivity index (χ1n) is 6.03. The van der Waals surface area contributed by atoms with E-state index in [2.05, 4.69) is 15.3 Å². The van der Waals surface area contributed by atoms with E-state index in [0.717, 1.165) is 11.1 Å². The lowest BCUT2D eigenvalue weighted by Gasteiger charge is -2.16. The number of para-hydroxylation sites is 1. The lowest BCUT2D eigenvalue weighted by molar-refractivity contribution is 0.630. The predicted octanol–water partition coefficient (Wildman–Crippen LogP) is 4.44. The number of rotatable bonds is 3. The largest absolute Gasteiger partial charge is 0.337 e. The van der Waals surface area contributed by atoms with Gasteiger partial charge in [-0.15, -0.1) is 0 Å². The molecule has 0 bridgehead atoms. The Bertz CT molecular complexity index is 579. The van der Waals surface area contributed by atoms with Gasteiger partial charge in [-0.25, -0.2) is 14.4 Å². The maximum Gasteiger partial charge on any atom is 0.146 e. The number of nitrogens with zero attached hydrogens (tertiary/aromatic N) is 2. The molecule has 0 saturated carbocycles. The van der Waals surface area contributed by atoms with Gasteiger partial charge in [-0.2, -0.15) is 0 Å². The van der Waals surface area contributed by atoms with Crippen molar-refractivity contribution < 1.29 is 4.39 Å². The van der Waals surface area contributed by atoms with Crippen LogP contribution in [0.3, 0.4) is 0 Å². The zero-order chi connectivity index (χ0) is 14.0. The van der Waals surface area contributed by atoms with Crippen LogP contribution in [0.1, 0.15) is 30.9 Å². The average molecular weight is 280 g/mol. The molecule has 100 valence electrons. The Morgan fingerprint density at radius 1 is 1.26 bits per heavy atom. The highest BCUT2D eigenvalue weighted by Crippen LogP contribution is 2.31. The molecule has 0 aliphatic carbocycles. The molecule has 0 aliphatic heterocycles. The minimum atomic E-state index is -0.315. The van der Waals surface area contributed by atoms with Crippen LogP contribution in [0.5, 0.6) is 0 Å². The number of aryl methyl sites for hydroxylation is 1. The molecule has 0 unspecified atom stereocenters. The van der Waals surface area contributed by atoms with Gasteiger partial charge in [0.15, 0.2) is 0 Å². The Hall–Kier alpha value is -1.68. The first-order chi connectivity index (χ1) is 9.00. The second kappa shape index (κ2) is 5.53. The summed E-state index contributed by atoms with van der Waals surface area (Å²) >= 11 is 6.09. The maximum absolute atomic E-state index is 13.8. The van der Waals surface area contributed by atoms with Crippen molar-refractivity contribution in [2.75, 3.05) is 5.32 Å². The second-order valence-electron chi connectivity index (χ2n) is 4.64. The topological polar surface area (TPSA) is 37.8 Å². The summed E-state index contributed by atoms with van der Waals surface area (Å²) in [5, 5.41) is 3.41. The fraction of sp³-hybridized carbons (Fsp3) is 0.286. The third-order valence-electron chi connectivity index (χ3n) is 2.88. The second-order valence-corrected chi connectivity index (χ2v) is 5.00. The Labute approximate surface area is 116 Å². The molecule has 0 spiro atoms. The molecule has 0 fully saturated rings. The van der Waals surface area contributed by atoms with Crippen LogP contribution in [0.4, 0.5) is 15.9 Å². The summed E-state index contributed by atoms with van der Waals surface area (Å²) in [6.07, 6.45) is 1.37. The third-order valence-corrected chi connectivity index (χ3v) is 3.18. The molecular formula is C14H15ClFN3. The van der Waals surface area contributed by atoms with E-state index in [0.29, 0.717) is 16.7 Å². The number of hydrogen-bond donors (Lipinski definition) is 1. The molecule has 1 N–H and O–H groups in total. The summed E-state index contributed by atoms with van der Waals surface area (Å²) in [6, 6.07) is 4.92. The molecule has 2 aromatic rings. The molecule has 5 heteroatoms. The van der Waals surface area contributed by atoms with Crippen molar-refractivity contribution in [3.63, 3.8) is 0 Å². The van der Waals surface area contributed by atoms with Gasteiger partial charge >= 0.3 is 0 Å². The van der Waals surface area contributed by atoms with E-state index in [-0.39, 0.29) is 11.7 Å². The van der Waals surface area contributed by atoms with Crippen molar-refractivity contribution in [1.82, 2.24) is 9.97 Å². The standard InChI is InChI=1S/C14H15ClFN3/c1-8(2)11-13(15)17-7-18-14(11)19-12-9(3)5-4-6-10(12)16/h4-8H,1-3H3,(H,17,18,19). The molecule has 3 nitrogen and oxygen atoms in total. The van der Waals surface area contributed by atoms with Crippen LogP contribution in [-0.2, 0) is 0 Å². The number of nitrogens with one attached hydrogen (secondary N) is 1. The van der Waals surface area contributed by atoms with Crippen LogP contribution in [0, 0.1) is 12.7 Å². The first kappa shape index (κ1) is 13.7. The highest BCUT2D eigenvalue weighted by Gasteiger charge is 2.15. The monoisotopic (exact) mass is 279 g/mol. The average Bonchev–Trinajstić information content (AvgIpc) is 2.33. The van der Waals surface area contributed by atoms with E-state index >= 15 is 0 Å². The van der Waals surface area contributed by atoms with Crippen LogP contribution in [0.2, 0.25) is 5.15 Å². The van der Waals surface area contributed by atoms with Gasteiger partial charge in [-0.1, -0.05) is 37.6 Å². The molecule has 1 aromatic carbocycles. The lowest BCUT2D eigenvalue weighted by Crippen LogP contribution is -2.05. The van der Waals surface area contributed by atoms with E-state index in [1.54, 1.807) is 6.07 Å². The highest BCUT2D eigenvalue weighted by atomic mass is 35.5. The number of aromatic nitrogens is 2. The van der Waals surface area contributed by atoms with Crippen molar-refractivity contribution in [3.8, 4) is 0 Å². The van der Waals surface area contributed by atoms with Crippen molar-refractivity contribution in [1.29, 1.82) is 0 Å². The number of hydrogen-bond acceptors (Lipinski definition) is 3. The van der Waals surface area contributed by atoms with Gasteiger partial charge < -0.3 is 5.32 Å². The molecular weight excluding hydrogens is 265 g/mol. The highest BCUT2D eigenvalue weighted by molar-refractivity contribution is 6.30. The van der Waals surface area contributed by atoms with Crippen molar-refractivity contribution in [3.05, 3.63) is 46.6 Å². The zero-order valence-corrected chi connectivity index (χ0v) is 11.8. The molecule has 0 saturated heterocycles. The summed E-state index contributed by atoms with van der Waals surface area (Å²) in [6.45, 7) is 5.82. The van der Waals surface area contributed by atoms with Gasteiger partial charge in [0, 0.05) is 5.56 Å². The number of benzene rings is 1. The zero-order valence-electron chi connectivity index (χ0n) is 11.0. The predicted molar refractivity (Wildman–Crippen MR) is 75.6 cm³/mol. The fourth-order valence-electron chi connectivity index (χ4n) is 1.89.